The summed E-state index contributed by atoms with van der Waals surface area (Å²) in [6.45, 7) is 2.74. The van der Waals surface area contributed by atoms with Gasteiger partial charge in [-0.3, -0.25) is 4.79 Å². The van der Waals surface area contributed by atoms with Gasteiger partial charge in [0.2, 0.25) is 0 Å². The quantitative estimate of drug-likeness (QED) is 0.906. The molecule has 124 valence electrons. The second-order valence-electron chi connectivity index (χ2n) is 5.80. The second kappa shape index (κ2) is 5.69. The number of nitrogens with zero attached hydrogens (tertiary/aromatic N) is 2. The van der Waals surface area contributed by atoms with Gasteiger partial charge in [-0.2, -0.15) is 18.3 Å². The van der Waals surface area contributed by atoms with Crippen LogP contribution in [0.5, 0.6) is 0 Å². The molecule has 2 rings (SSSR count). The first-order chi connectivity index (χ1) is 10.5. The smallest absolute Gasteiger partial charge is 0.397 e. The van der Waals surface area contributed by atoms with Gasteiger partial charge >= 0.3 is 6.18 Å². The highest BCUT2D eigenvalue weighted by Crippen LogP contribution is 2.37. The lowest BCUT2D eigenvalue weighted by atomic mass is 10.0. The van der Waals surface area contributed by atoms with Crippen LogP contribution in [0.25, 0.3) is 11.3 Å². The van der Waals surface area contributed by atoms with Crippen molar-refractivity contribution in [2.45, 2.75) is 32.2 Å². The summed E-state index contributed by atoms with van der Waals surface area (Å²) in [5.74, 6) is 0. The fourth-order valence-electron chi connectivity index (χ4n) is 2.13. The number of hydrogen-bond donors (Lipinski definition) is 2. The van der Waals surface area contributed by atoms with Crippen molar-refractivity contribution in [2.75, 3.05) is 5.73 Å². The first-order valence-corrected chi connectivity index (χ1v) is 6.76. The van der Waals surface area contributed by atoms with Crippen molar-refractivity contribution in [1.29, 1.82) is 0 Å². The molecule has 0 saturated heterocycles. The molecule has 1 aromatic heterocycles. The van der Waals surface area contributed by atoms with Crippen LogP contribution in [-0.2, 0) is 12.7 Å². The number of rotatable bonds is 3. The van der Waals surface area contributed by atoms with Crippen LogP contribution in [0.2, 0.25) is 0 Å². The third-order valence-electron chi connectivity index (χ3n) is 3.05. The summed E-state index contributed by atoms with van der Waals surface area (Å²) in [7, 11) is 0. The van der Waals surface area contributed by atoms with Crippen LogP contribution < -0.4 is 11.3 Å². The first-order valence-electron chi connectivity index (χ1n) is 6.76. The normalized spacial score (nSPS) is 12.4. The zero-order valence-electron chi connectivity index (χ0n) is 12.6. The van der Waals surface area contributed by atoms with E-state index in [4.69, 9.17) is 5.73 Å². The summed E-state index contributed by atoms with van der Waals surface area (Å²) in [6.07, 6.45) is -4.58. The highest BCUT2D eigenvalue weighted by molar-refractivity contribution is 5.74. The lowest BCUT2D eigenvalue weighted by Crippen LogP contribution is -2.34. The standard InChI is InChI=1S/C15H16F3N3O2/c1-14(2,23)8-21-12(22)7-11(19)13(20-21)9-5-3-4-6-10(9)15(16,17)18/h3-7,23H,8,19H2,1-2H3. The van der Waals surface area contributed by atoms with Gasteiger partial charge in [-0.1, -0.05) is 18.2 Å². The van der Waals surface area contributed by atoms with E-state index in [0.29, 0.717) is 0 Å². The summed E-state index contributed by atoms with van der Waals surface area (Å²) in [4.78, 5) is 11.9. The fourth-order valence-corrected chi connectivity index (χ4v) is 2.13. The van der Waals surface area contributed by atoms with Gasteiger partial charge < -0.3 is 10.8 Å². The average molecular weight is 327 g/mol. The molecule has 0 aliphatic rings. The predicted octanol–water partition coefficient (Wildman–Crippen LogP) is 2.28. The number of alkyl halides is 3. The number of nitrogens with two attached hydrogens (primary N) is 1. The molecule has 0 atom stereocenters. The van der Waals surface area contributed by atoms with Crippen LogP contribution >= 0.6 is 0 Å². The zero-order valence-corrected chi connectivity index (χ0v) is 12.6. The molecule has 0 aliphatic carbocycles. The van der Waals surface area contributed by atoms with Gasteiger partial charge in [0, 0.05) is 11.6 Å². The summed E-state index contributed by atoms with van der Waals surface area (Å²) in [6, 6.07) is 5.84. The third-order valence-corrected chi connectivity index (χ3v) is 3.05. The lowest BCUT2D eigenvalue weighted by molar-refractivity contribution is -0.137. The molecular formula is C15H16F3N3O2. The van der Waals surface area contributed by atoms with E-state index in [1.54, 1.807) is 0 Å². The molecule has 0 amide bonds. The Morgan fingerprint density at radius 1 is 1.26 bits per heavy atom. The van der Waals surface area contributed by atoms with Gasteiger partial charge in [-0.05, 0) is 19.9 Å². The predicted molar refractivity (Wildman–Crippen MR) is 79.6 cm³/mol. The number of anilines is 1. The molecule has 2 aromatic rings. The van der Waals surface area contributed by atoms with E-state index in [-0.39, 0.29) is 23.5 Å². The van der Waals surface area contributed by atoms with Gasteiger partial charge in [-0.25, -0.2) is 4.68 Å². The minimum absolute atomic E-state index is 0.151. The van der Waals surface area contributed by atoms with Crippen molar-refractivity contribution in [3.63, 3.8) is 0 Å². The number of nitrogen functional groups attached to an aromatic ring is 1. The molecule has 1 aromatic carbocycles. The Bertz CT molecular complexity index is 777. The summed E-state index contributed by atoms with van der Waals surface area (Å²) in [5, 5.41) is 13.7. The van der Waals surface area contributed by atoms with E-state index >= 15 is 0 Å². The Balaban J connectivity index is 2.66. The molecule has 0 unspecified atom stereocenters. The van der Waals surface area contributed by atoms with Gasteiger partial charge in [0.05, 0.1) is 23.4 Å². The fraction of sp³-hybridized carbons (Fsp3) is 0.333. The maximum absolute atomic E-state index is 13.1. The Morgan fingerprint density at radius 3 is 2.43 bits per heavy atom. The average Bonchev–Trinajstić information content (AvgIpc) is 2.39. The molecular weight excluding hydrogens is 311 g/mol. The van der Waals surface area contributed by atoms with Crippen LogP contribution in [0.3, 0.4) is 0 Å². The Hall–Kier alpha value is -2.35. The minimum Gasteiger partial charge on any atom is -0.397 e. The summed E-state index contributed by atoms with van der Waals surface area (Å²) >= 11 is 0. The van der Waals surface area contributed by atoms with Gasteiger partial charge in [0.1, 0.15) is 5.69 Å². The Kier molecular flexibility index (Phi) is 4.21. The highest BCUT2D eigenvalue weighted by atomic mass is 19.4. The largest absolute Gasteiger partial charge is 0.417 e. The van der Waals surface area contributed by atoms with E-state index in [9.17, 15) is 23.1 Å². The van der Waals surface area contributed by atoms with Crippen molar-refractivity contribution in [3.8, 4) is 11.3 Å². The molecule has 0 fully saturated rings. The summed E-state index contributed by atoms with van der Waals surface area (Å²) < 4.78 is 40.3. The maximum Gasteiger partial charge on any atom is 0.417 e. The molecule has 1 heterocycles. The van der Waals surface area contributed by atoms with Gasteiger partial charge in [-0.15, -0.1) is 0 Å². The topological polar surface area (TPSA) is 81.1 Å². The van der Waals surface area contributed by atoms with Crippen LogP contribution in [0.4, 0.5) is 18.9 Å². The van der Waals surface area contributed by atoms with Gasteiger partial charge in [0.15, 0.2) is 0 Å². The maximum atomic E-state index is 13.1. The zero-order chi connectivity index (χ0) is 17.4. The molecule has 0 aliphatic heterocycles. The molecule has 0 spiro atoms. The van der Waals surface area contributed by atoms with E-state index in [1.807, 2.05) is 0 Å². The van der Waals surface area contributed by atoms with E-state index < -0.39 is 22.9 Å². The van der Waals surface area contributed by atoms with Crippen LogP contribution in [-0.4, -0.2) is 20.5 Å². The Morgan fingerprint density at radius 2 is 1.87 bits per heavy atom. The van der Waals surface area contributed by atoms with Crippen molar-refractivity contribution in [3.05, 3.63) is 46.2 Å². The molecule has 8 heteroatoms. The van der Waals surface area contributed by atoms with E-state index in [2.05, 4.69) is 5.10 Å². The molecule has 0 radical (unpaired) electrons. The van der Waals surface area contributed by atoms with Crippen molar-refractivity contribution >= 4 is 5.69 Å². The molecule has 5 nitrogen and oxygen atoms in total. The number of aliphatic hydroxyl groups is 1. The highest BCUT2D eigenvalue weighted by Gasteiger charge is 2.34. The van der Waals surface area contributed by atoms with Crippen molar-refractivity contribution < 1.29 is 18.3 Å². The number of hydrogen-bond acceptors (Lipinski definition) is 4. The monoisotopic (exact) mass is 327 g/mol. The molecule has 3 N–H and O–H groups in total. The van der Waals surface area contributed by atoms with Crippen LogP contribution in [0.1, 0.15) is 19.4 Å². The lowest BCUT2D eigenvalue weighted by Gasteiger charge is -2.19. The number of halogens is 3. The molecule has 0 saturated carbocycles. The van der Waals surface area contributed by atoms with Crippen molar-refractivity contribution in [2.24, 2.45) is 0 Å². The minimum atomic E-state index is -4.58. The number of benzene rings is 1. The Labute approximate surface area is 130 Å². The van der Waals surface area contributed by atoms with E-state index in [0.717, 1.165) is 16.8 Å². The molecule has 23 heavy (non-hydrogen) atoms. The van der Waals surface area contributed by atoms with E-state index in [1.165, 1.54) is 32.0 Å². The SMILES string of the molecule is CC(C)(O)Cn1nc(-c2ccccc2C(F)(F)F)c(N)cc1=O. The second-order valence-corrected chi connectivity index (χ2v) is 5.80. The van der Waals surface area contributed by atoms with Gasteiger partial charge in [0.25, 0.3) is 5.56 Å². The van der Waals surface area contributed by atoms with Crippen LogP contribution in [0.15, 0.2) is 35.1 Å². The first kappa shape index (κ1) is 17.0. The summed E-state index contributed by atoms with van der Waals surface area (Å²) in [5.41, 5.74) is 2.42. The third kappa shape index (κ3) is 3.89. The number of aromatic nitrogens is 2. The van der Waals surface area contributed by atoms with Crippen LogP contribution in [0, 0.1) is 0 Å². The molecule has 0 bridgehead atoms. The van der Waals surface area contributed by atoms with Crippen molar-refractivity contribution in [1.82, 2.24) is 9.78 Å².